The molecule has 1 aliphatic rings. The van der Waals surface area contributed by atoms with Gasteiger partial charge in [-0.25, -0.2) is 13.2 Å². The van der Waals surface area contributed by atoms with E-state index < -0.39 is 28.9 Å². The van der Waals surface area contributed by atoms with Crippen LogP contribution in [0.4, 0.5) is 13.2 Å². The Labute approximate surface area is 109 Å². The van der Waals surface area contributed by atoms with Crippen LogP contribution in [-0.4, -0.2) is 37.0 Å². The predicted molar refractivity (Wildman–Crippen MR) is 64.3 cm³/mol. The van der Waals surface area contributed by atoms with Gasteiger partial charge in [0.1, 0.15) is 23.0 Å². The molecule has 1 N–H and O–H groups in total. The summed E-state index contributed by atoms with van der Waals surface area (Å²) in [5, 5.41) is 3.14. The van der Waals surface area contributed by atoms with E-state index in [-0.39, 0.29) is 6.04 Å². The molecular weight excluding hydrogens is 257 g/mol. The molecule has 0 aromatic heterocycles. The minimum absolute atomic E-state index is 0.0578. The van der Waals surface area contributed by atoms with Crippen LogP contribution in [0.25, 0.3) is 0 Å². The van der Waals surface area contributed by atoms with Gasteiger partial charge in [-0.05, 0) is 25.9 Å². The van der Waals surface area contributed by atoms with Crippen LogP contribution in [0.3, 0.4) is 0 Å². The van der Waals surface area contributed by atoms with Crippen molar-refractivity contribution in [2.24, 2.45) is 0 Å². The molecule has 1 aromatic rings. The van der Waals surface area contributed by atoms with E-state index in [0.717, 1.165) is 25.9 Å². The highest BCUT2D eigenvalue weighted by molar-refractivity contribution is 5.94. The monoisotopic (exact) mass is 272 g/mol. The molecule has 104 valence electrons. The molecule has 1 saturated heterocycles. The summed E-state index contributed by atoms with van der Waals surface area (Å²) in [5.41, 5.74) is -0.692. The van der Waals surface area contributed by atoms with E-state index in [2.05, 4.69) is 5.32 Å². The van der Waals surface area contributed by atoms with Crippen molar-refractivity contribution < 1.29 is 18.0 Å². The van der Waals surface area contributed by atoms with Crippen LogP contribution in [0.2, 0.25) is 0 Å². The molecule has 19 heavy (non-hydrogen) atoms. The van der Waals surface area contributed by atoms with Crippen LogP contribution in [-0.2, 0) is 0 Å². The third-order valence-electron chi connectivity index (χ3n) is 3.40. The van der Waals surface area contributed by atoms with Crippen molar-refractivity contribution in [2.45, 2.75) is 18.9 Å². The van der Waals surface area contributed by atoms with Crippen LogP contribution in [0.5, 0.6) is 0 Å². The van der Waals surface area contributed by atoms with Crippen LogP contribution in [0, 0.1) is 17.5 Å². The molecule has 0 bridgehead atoms. The Morgan fingerprint density at radius 2 is 1.74 bits per heavy atom. The van der Waals surface area contributed by atoms with Crippen molar-refractivity contribution in [3.8, 4) is 0 Å². The molecule has 6 heteroatoms. The second-order valence-electron chi connectivity index (χ2n) is 4.64. The Morgan fingerprint density at radius 1 is 1.21 bits per heavy atom. The molecule has 1 aromatic carbocycles. The van der Waals surface area contributed by atoms with Gasteiger partial charge in [0.25, 0.3) is 5.91 Å². The largest absolute Gasteiger partial charge is 0.338 e. The SMILES string of the molecule is CN(C(=O)c1c(F)cc(F)cc1F)C1CCNCC1. The maximum absolute atomic E-state index is 13.5. The Morgan fingerprint density at radius 3 is 2.26 bits per heavy atom. The fraction of sp³-hybridized carbons (Fsp3) is 0.462. The van der Waals surface area contributed by atoms with Gasteiger partial charge in [-0.1, -0.05) is 0 Å². The summed E-state index contributed by atoms with van der Waals surface area (Å²) < 4.78 is 39.9. The molecule has 0 radical (unpaired) electrons. The summed E-state index contributed by atoms with van der Waals surface area (Å²) in [6.07, 6.45) is 1.46. The maximum atomic E-state index is 13.5. The van der Waals surface area contributed by atoms with E-state index in [1.54, 1.807) is 0 Å². The number of nitrogens with one attached hydrogen (secondary N) is 1. The van der Waals surface area contributed by atoms with E-state index in [4.69, 9.17) is 0 Å². The van der Waals surface area contributed by atoms with E-state index in [9.17, 15) is 18.0 Å². The summed E-state index contributed by atoms with van der Waals surface area (Å²) >= 11 is 0. The van der Waals surface area contributed by atoms with Crippen LogP contribution >= 0.6 is 0 Å². The van der Waals surface area contributed by atoms with Gasteiger partial charge in [-0.3, -0.25) is 4.79 Å². The lowest BCUT2D eigenvalue weighted by Crippen LogP contribution is -2.44. The first-order valence-corrected chi connectivity index (χ1v) is 6.13. The van der Waals surface area contributed by atoms with Gasteiger partial charge < -0.3 is 10.2 Å². The highest BCUT2D eigenvalue weighted by atomic mass is 19.1. The zero-order valence-electron chi connectivity index (χ0n) is 10.5. The van der Waals surface area contributed by atoms with Crippen molar-refractivity contribution in [2.75, 3.05) is 20.1 Å². The van der Waals surface area contributed by atoms with E-state index in [0.29, 0.717) is 12.1 Å². The number of halogens is 3. The highest BCUT2D eigenvalue weighted by Gasteiger charge is 2.27. The number of benzene rings is 1. The van der Waals surface area contributed by atoms with E-state index in [1.165, 1.54) is 11.9 Å². The lowest BCUT2D eigenvalue weighted by Gasteiger charge is -2.31. The van der Waals surface area contributed by atoms with Gasteiger partial charge in [-0.15, -0.1) is 0 Å². The molecule has 0 spiro atoms. The summed E-state index contributed by atoms with van der Waals surface area (Å²) in [6.45, 7) is 1.52. The van der Waals surface area contributed by atoms with Gasteiger partial charge in [-0.2, -0.15) is 0 Å². The lowest BCUT2D eigenvalue weighted by atomic mass is 10.0. The van der Waals surface area contributed by atoms with Crippen LogP contribution in [0.15, 0.2) is 12.1 Å². The van der Waals surface area contributed by atoms with Gasteiger partial charge >= 0.3 is 0 Å². The highest BCUT2D eigenvalue weighted by Crippen LogP contribution is 2.19. The Hall–Kier alpha value is -1.56. The first kappa shape index (κ1) is 13.9. The number of nitrogens with zero attached hydrogens (tertiary/aromatic N) is 1. The third kappa shape index (κ3) is 2.89. The van der Waals surface area contributed by atoms with Crippen molar-refractivity contribution in [3.05, 3.63) is 35.1 Å². The van der Waals surface area contributed by atoms with Crippen LogP contribution < -0.4 is 5.32 Å². The molecule has 3 nitrogen and oxygen atoms in total. The van der Waals surface area contributed by atoms with Gasteiger partial charge in [0.2, 0.25) is 0 Å². The molecule has 2 rings (SSSR count). The van der Waals surface area contributed by atoms with Gasteiger partial charge in [0.15, 0.2) is 0 Å². The molecule has 0 atom stereocenters. The smallest absolute Gasteiger partial charge is 0.259 e. The average Bonchev–Trinajstić information content (AvgIpc) is 2.37. The first-order chi connectivity index (χ1) is 9.00. The van der Waals surface area contributed by atoms with Crippen molar-refractivity contribution in [3.63, 3.8) is 0 Å². The standard InChI is InChI=1S/C13H15F3N2O/c1-18(9-2-4-17-5-3-9)13(19)12-10(15)6-8(14)7-11(12)16/h6-7,9,17H,2-5H2,1H3. The molecule has 0 saturated carbocycles. The quantitative estimate of drug-likeness (QED) is 0.892. The molecule has 1 heterocycles. The predicted octanol–water partition coefficient (Wildman–Crippen LogP) is 1.93. The van der Waals surface area contributed by atoms with Crippen molar-refractivity contribution in [1.29, 1.82) is 0 Å². The van der Waals surface area contributed by atoms with Gasteiger partial charge in [0, 0.05) is 25.2 Å². The van der Waals surface area contributed by atoms with Gasteiger partial charge in [0.05, 0.1) is 0 Å². The minimum Gasteiger partial charge on any atom is -0.338 e. The first-order valence-electron chi connectivity index (χ1n) is 6.13. The zero-order valence-corrected chi connectivity index (χ0v) is 10.5. The second-order valence-corrected chi connectivity index (χ2v) is 4.64. The van der Waals surface area contributed by atoms with E-state index in [1.807, 2.05) is 0 Å². The lowest BCUT2D eigenvalue weighted by molar-refractivity contribution is 0.0693. The Balaban J connectivity index is 2.23. The number of amides is 1. The Bertz CT molecular complexity index is 464. The fourth-order valence-corrected chi connectivity index (χ4v) is 2.28. The number of carbonyl (C=O) groups is 1. The fourth-order valence-electron chi connectivity index (χ4n) is 2.28. The zero-order chi connectivity index (χ0) is 14.0. The summed E-state index contributed by atoms with van der Waals surface area (Å²) in [7, 11) is 1.51. The topological polar surface area (TPSA) is 32.3 Å². The number of hydrogen-bond donors (Lipinski definition) is 1. The van der Waals surface area contributed by atoms with E-state index >= 15 is 0 Å². The average molecular weight is 272 g/mol. The molecule has 0 aliphatic carbocycles. The Kier molecular flexibility index (Phi) is 4.09. The van der Waals surface area contributed by atoms with Crippen LogP contribution in [0.1, 0.15) is 23.2 Å². The summed E-state index contributed by atoms with van der Waals surface area (Å²) in [5.74, 6) is -4.11. The maximum Gasteiger partial charge on any atom is 0.259 e. The number of carbonyl (C=O) groups excluding carboxylic acids is 1. The molecule has 1 amide bonds. The number of hydrogen-bond acceptors (Lipinski definition) is 2. The van der Waals surface area contributed by atoms with Crippen molar-refractivity contribution in [1.82, 2.24) is 10.2 Å². The summed E-state index contributed by atoms with van der Waals surface area (Å²) in [4.78, 5) is 13.4. The normalized spacial score (nSPS) is 16.4. The summed E-state index contributed by atoms with van der Waals surface area (Å²) in [6, 6.07) is 0.983. The second kappa shape index (κ2) is 5.61. The van der Waals surface area contributed by atoms with Crippen molar-refractivity contribution >= 4 is 5.91 Å². The molecular formula is C13H15F3N2O. The molecule has 1 fully saturated rings. The number of rotatable bonds is 2. The minimum atomic E-state index is -1.16. The molecule has 0 unspecified atom stereocenters. The molecule has 1 aliphatic heterocycles. The number of piperidine rings is 1. The third-order valence-corrected chi connectivity index (χ3v) is 3.40.